The van der Waals surface area contributed by atoms with E-state index < -0.39 is 17.9 Å². The predicted octanol–water partition coefficient (Wildman–Crippen LogP) is 4.16. The van der Waals surface area contributed by atoms with E-state index >= 15 is 0 Å². The van der Waals surface area contributed by atoms with E-state index in [2.05, 4.69) is 0 Å². The molecule has 1 aromatic carbocycles. The Hall–Kier alpha value is -1.84. The fourth-order valence-corrected chi connectivity index (χ4v) is 2.84. The molecule has 0 spiro atoms. The number of carboxylic acid groups (broad SMARTS) is 2. The molecule has 122 valence electrons. The quantitative estimate of drug-likeness (QED) is 0.680. The monoisotopic (exact) mass is 306 g/mol. The van der Waals surface area contributed by atoms with E-state index in [0.717, 1.165) is 18.4 Å². The van der Waals surface area contributed by atoms with Crippen molar-refractivity contribution in [2.24, 2.45) is 11.8 Å². The maximum absolute atomic E-state index is 11.5. The molecule has 0 amide bonds. The van der Waals surface area contributed by atoms with E-state index in [9.17, 15) is 19.8 Å². The predicted molar refractivity (Wildman–Crippen MR) is 85.9 cm³/mol. The molecule has 0 aliphatic rings. The second-order valence-electron chi connectivity index (χ2n) is 6.06. The molecule has 22 heavy (non-hydrogen) atoms. The van der Waals surface area contributed by atoms with Crippen LogP contribution in [0.4, 0.5) is 0 Å². The van der Waals surface area contributed by atoms with Gasteiger partial charge in [-0.15, -0.1) is 0 Å². The molecule has 0 saturated carbocycles. The van der Waals surface area contributed by atoms with Gasteiger partial charge >= 0.3 is 11.9 Å². The van der Waals surface area contributed by atoms with Crippen LogP contribution in [-0.2, 0) is 9.59 Å². The normalized spacial score (nSPS) is 15.0. The van der Waals surface area contributed by atoms with E-state index in [1.165, 1.54) is 0 Å². The summed E-state index contributed by atoms with van der Waals surface area (Å²) in [6, 6.07) is 9.15. The molecular formula is C18H26O4. The first kappa shape index (κ1) is 18.2. The number of benzene rings is 1. The fraction of sp³-hybridized carbons (Fsp3) is 0.556. The van der Waals surface area contributed by atoms with Gasteiger partial charge in [-0.05, 0) is 30.7 Å². The van der Waals surface area contributed by atoms with Gasteiger partial charge in [0.1, 0.15) is 0 Å². The van der Waals surface area contributed by atoms with Crippen LogP contribution in [0.1, 0.15) is 57.4 Å². The molecule has 4 heteroatoms. The number of unbranched alkanes of at least 4 members (excludes halogenated alkanes) is 1. The van der Waals surface area contributed by atoms with Gasteiger partial charge in [0, 0.05) is 0 Å². The van der Waals surface area contributed by atoms with Gasteiger partial charge in [-0.25, -0.2) is 0 Å². The van der Waals surface area contributed by atoms with E-state index in [1.54, 1.807) is 0 Å². The summed E-state index contributed by atoms with van der Waals surface area (Å²) in [4.78, 5) is 22.8. The van der Waals surface area contributed by atoms with Gasteiger partial charge in [0.05, 0.1) is 11.8 Å². The van der Waals surface area contributed by atoms with Crippen LogP contribution in [0.5, 0.6) is 0 Å². The van der Waals surface area contributed by atoms with Crippen LogP contribution in [0, 0.1) is 11.8 Å². The number of carbonyl (C=O) groups is 2. The lowest BCUT2D eigenvalue weighted by atomic mass is 9.83. The summed E-state index contributed by atoms with van der Waals surface area (Å²) in [5.74, 6) is -2.51. The van der Waals surface area contributed by atoms with E-state index in [-0.39, 0.29) is 11.8 Å². The summed E-state index contributed by atoms with van der Waals surface area (Å²) in [5.41, 5.74) is 0.780. The topological polar surface area (TPSA) is 74.6 Å². The maximum atomic E-state index is 11.5. The molecule has 3 atom stereocenters. The summed E-state index contributed by atoms with van der Waals surface area (Å²) in [7, 11) is 0. The number of carboxylic acids is 2. The number of hydrogen-bond donors (Lipinski definition) is 2. The molecule has 0 saturated heterocycles. The van der Waals surface area contributed by atoms with Crippen LogP contribution >= 0.6 is 0 Å². The Morgan fingerprint density at radius 3 is 2.18 bits per heavy atom. The Balaban J connectivity index is 2.69. The van der Waals surface area contributed by atoms with Gasteiger partial charge in [-0.2, -0.15) is 0 Å². The van der Waals surface area contributed by atoms with Crippen molar-refractivity contribution >= 4 is 11.9 Å². The summed E-state index contributed by atoms with van der Waals surface area (Å²) in [6.07, 6.45) is 3.53. The number of rotatable bonds is 10. The third-order valence-corrected chi connectivity index (χ3v) is 4.08. The van der Waals surface area contributed by atoms with Crippen LogP contribution < -0.4 is 0 Å². The minimum absolute atomic E-state index is 0.0549. The van der Waals surface area contributed by atoms with Crippen molar-refractivity contribution < 1.29 is 19.8 Å². The highest BCUT2D eigenvalue weighted by molar-refractivity contribution is 5.76. The largest absolute Gasteiger partial charge is 0.481 e. The van der Waals surface area contributed by atoms with Crippen LogP contribution in [0.25, 0.3) is 0 Å². The molecule has 2 N–H and O–H groups in total. The van der Waals surface area contributed by atoms with Crippen LogP contribution in [0.3, 0.4) is 0 Å². The van der Waals surface area contributed by atoms with Crippen molar-refractivity contribution in [1.82, 2.24) is 0 Å². The molecule has 1 aromatic rings. The Bertz CT molecular complexity index is 469. The second-order valence-corrected chi connectivity index (χ2v) is 6.06. The Morgan fingerprint density at radius 1 is 1.05 bits per heavy atom. The lowest BCUT2D eigenvalue weighted by molar-refractivity contribution is -0.142. The maximum Gasteiger partial charge on any atom is 0.310 e. The molecule has 0 heterocycles. The Kier molecular flexibility index (Phi) is 7.64. The van der Waals surface area contributed by atoms with Gasteiger partial charge in [0.15, 0.2) is 0 Å². The van der Waals surface area contributed by atoms with Gasteiger partial charge in [-0.3, -0.25) is 9.59 Å². The Labute approximate surface area is 132 Å². The summed E-state index contributed by atoms with van der Waals surface area (Å²) < 4.78 is 0. The summed E-state index contributed by atoms with van der Waals surface area (Å²) in [5, 5.41) is 18.7. The molecule has 1 rings (SSSR count). The molecule has 0 bridgehead atoms. The number of hydrogen-bond acceptors (Lipinski definition) is 2. The zero-order valence-electron chi connectivity index (χ0n) is 13.4. The van der Waals surface area contributed by atoms with Crippen molar-refractivity contribution in [2.45, 2.75) is 51.9 Å². The molecule has 0 fully saturated rings. The third-order valence-electron chi connectivity index (χ3n) is 4.08. The van der Waals surface area contributed by atoms with Crippen LogP contribution in [-0.4, -0.2) is 22.2 Å². The molecule has 0 aromatic heterocycles. The first-order chi connectivity index (χ1) is 10.5. The highest BCUT2D eigenvalue weighted by Gasteiger charge is 2.26. The van der Waals surface area contributed by atoms with E-state index in [0.29, 0.717) is 19.3 Å². The summed E-state index contributed by atoms with van der Waals surface area (Å²) >= 11 is 0. The molecule has 4 nitrogen and oxygen atoms in total. The smallest absolute Gasteiger partial charge is 0.310 e. The lowest BCUT2D eigenvalue weighted by Crippen LogP contribution is -2.20. The van der Waals surface area contributed by atoms with E-state index in [4.69, 9.17) is 0 Å². The van der Waals surface area contributed by atoms with Gasteiger partial charge in [0.25, 0.3) is 0 Å². The van der Waals surface area contributed by atoms with Gasteiger partial charge in [-0.1, -0.05) is 57.0 Å². The highest BCUT2D eigenvalue weighted by atomic mass is 16.4. The molecule has 0 aliphatic carbocycles. The van der Waals surface area contributed by atoms with Crippen molar-refractivity contribution in [3.05, 3.63) is 35.9 Å². The zero-order valence-corrected chi connectivity index (χ0v) is 13.4. The molecule has 0 radical (unpaired) electrons. The van der Waals surface area contributed by atoms with Gasteiger partial charge in [0.2, 0.25) is 0 Å². The SMILES string of the molecule is CCCCC(CC(C)CC(C(=O)O)c1ccccc1)C(=O)O. The van der Waals surface area contributed by atoms with Crippen LogP contribution in [0.2, 0.25) is 0 Å². The van der Waals surface area contributed by atoms with Crippen molar-refractivity contribution in [3.8, 4) is 0 Å². The molecule has 0 aliphatic heterocycles. The lowest BCUT2D eigenvalue weighted by Gasteiger charge is -2.21. The van der Waals surface area contributed by atoms with Crippen molar-refractivity contribution in [2.75, 3.05) is 0 Å². The second kappa shape index (κ2) is 9.23. The average Bonchev–Trinajstić information content (AvgIpc) is 2.49. The minimum Gasteiger partial charge on any atom is -0.481 e. The minimum atomic E-state index is -0.849. The standard InChI is InChI=1S/C18H26O4/c1-3-4-8-15(17(19)20)11-13(2)12-16(18(21)22)14-9-6-5-7-10-14/h5-7,9-10,13,15-16H,3-4,8,11-12H2,1-2H3,(H,19,20)(H,21,22). The third kappa shape index (κ3) is 5.88. The molecule has 3 unspecified atom stereocenters. The van der Waals surface area contributed by atoms with E-state index in [1.807, 2.05) is 44.2 Å². The zero-order chi connectivity index (χ0) is 16.5. The van der Waals surface area contributed by atoms with Gasteiger partial charge < -0.3 is 10.2 Å². The van der Waals surface area contributed by atoms with Crippen molar-refractivity contribution in [1.29, 1.82) is 0 Å². The number of aliphatic carboxylic acids is 2. The highest BCUT2D eigenvalue weighted by Crippen LogP contribution is 2.29. The van der Waals surface area contributed by atoms with Crippen molar-refractivity contribution in [3.63, 3.8) is 0 Å². The summed E-state index contributed by atoms with van der Waals surface area (Å²) in [6.45, 7) is 3.99. The average molecular weight is 306 g/mol. The fourth-order valence-electron chi connectivity index (χ4n) is 2.84. The molecular weight excluding hydrogens is 280 g/mol. The first-order valence-electron chi connectivity index (χ1n) is 7.96. The van der Waals surface area contributed by atoms with Crippen LogP contribution in [0.15, 0.2) is 30.3 Å². The first-order valence-corrected chi connectivity index (χ1v) is 7.96. The Morgan fingerprint density at radius 2 is 1.68 bits per heavy atom.